The van der Waals surface area contributed by atoms with E-state index in [4.69, 9.17) is 15.6 Å². The van der Waals surface area contributed by atoms with Crippen LogP contribution in [-0.2, 0) is 9.53 Å². The molecule has 1 aliphatic heterocycles. The molecule has 2 atom stereocenters. The number of hydrogen-bond acceptors (Lipinski definition) is 3. The lowest BCUT2D eigenvalue weighted by Crippen LogP contribution is -2.34. The maximum absolute atomic E-state index is 10.4. The number of nitrogens with two attached hydrogens (primary N) is 1. The summed E-state index contributed by atoms with van der Waals surface area (Å²) in [7, 11) is 0. The first kappa shape index (κ1) is 11.7. The van der Waals surface area contributed by atoms with E-state index < -0.39 is 5.97 Å². The molecule has 72 valence electrons. The third-order valence-corrected chi connectivity index (χ3v) is 1.98. The molecular weight excluding hydrogens is 182 g/mol. The molecule has 1 fully saturated rings. The van der Waals surface area contributed by atoms with Gasteiger partial charge in [0.05, 0.1) is 18.6 Å². The van der Waals surface area contributed by atoms with Crippen molar-refractivity contribution in [1.29, 1.82) is 0 Å². The second-order valence-electron chi connectivity index (χ2n) is 2.80. The van der Waals surface area contributed by atoms with Gasteiger partial charge in [-0.15, -0.1) is 12.4 Å². The summed E-state index contributed by atoms with van der Waals surface area (Å²) in [5, 5.41) is 8.59. The van der Waals surface area contributed by atoms with Crippen molar-refractivity contribution in [3.63, 3.8) is 0 Å². The molecule has 1 aliphatic rings. The molecule has 0 aliphatic carbocycles. The number of carboxylic acid groups (broad SMARTS) is 1. The van der Waals surface area contributed by atoms with Gasteiger partial charge in [0.2, 0.25) is 0 Å². The van der Waals surface area contributed by atoms with Crippen LogP contribution in [-0.4, -0.2) is 30.3 Å². The summed E-state index contributed by atoms with van der Waals surface area (Å²) in [6, 6.07) is 0. The van der Waals surface area contributed by atoms with E-state index in [1.54, 1.807) is 0 Å². The summed E-state index contributed by atoms with van der Waals surface area (Å²) in [6.07, 6.45) is 1.54. The van der Waals surface area contributed by atoms with Gasteiger partial charge in [-0.05, 0) is 12.8 Å². The normalized spacial score (nSPS) is 29.1. The summed E-state index contributed by atoms with van der Waals surface area (Å²) in [6.45, 7) is 0.809. The van der Waals surface area contributed by atoms with E-state index in [1.807, 2.05) is 0 Å². The minimum atomic E-state index is -0.763. The number of carbonyl (C=O) groups is 1. The second kappa shape index (κ2) is 5.35. The van der Waals surface area contributed by atoms with Crippen LogP contribution in [0, 0.1) is 5.92 Å². The summed E-state index contributed by atoms with van der Waals surface area (Å²) >= 11 is 0. The lowest BCUT2D eigenvalue weighted by Gasteiger charge is -2.25. The van der Waals surface area contributed by atoms with Crippen LogP contribution < -0.4 is 5.73 Å². The van der Waals surface area contributed by atoms with Crippen LogP contribution in [0.3, 0.4) is 0 Å². The fourth-order valence-corrected chi connectivity index (χ4v) is 1.19. The van der Waals surface area contributed by atoms with Crippen molar-refractivity contribution in [1.82, 2.24) is 0 Å². The van der Waals surface area contributed by atoms with E-state index in [0.29, 0.717) is 19.6 Å². The maximum Gasteiger partial charge on any atom is 0.308 e. The van der Waals surface area contributed by atoms with Gasteiger partial charge < -0.3 is 15.6 Å². The van der Waals surface area contributed by atoms with E-state index in [-0.39, 0.29) is 24.4 Å². The third-order valence-electron chi connectivity index (χ3n) is 1.98. The van der Waals surface area contributed by atoms with Crippen molar-refractivity contribution < 1.29 is 14.6 Å². The lowest BCUT2D eigenvalue weighted by atomic mass is 9.99. The molecule has 0 spiro atoms. The standard InChI is InChI=1S/C7H13NO3.ClH/c8-3-6-2-1-5(4-11-6)7(9)10;/h5-6H,1-4,8H2,(H,9,10);1H. The number of halogens is 1. The largest absolute Gasteiger partial charge is 0.481 e. The van der Waals surface area contributed by atoms with E-state index in [1.165, 1.54) is 0 Å². The molecule has 12 heavy (non-hydrogen) atoms. The van der Waals surface area contributed by atoms with Crippen LogP contribution in [0.15, 0.2) is 0 Å². The van der Waals surface area contributed by atoms with E-state index >= 15 is 0 Å². The molecule has 5 heteroatoms. The van der Waals surface area contributed by atoms with Crippen LogP contribution in [0.4, 0.5) is 0 Å². The Labute approximate surface area is 77.5 Å². The van der Waals surface area contributed by atoms with E-state index in [0.717, 1.165) is 6.42 Å². The van der Waals surface area contributed by atoms with Gasteiger partial charge in [-0.25, -0.2) is 0 Å². The van der Waals surface area contributed by atoms with Crippen LogP contribution >= 0.6 is 12.4 Å². The van der Waals surface area contributed by atoms with E-state index in [9.17, 15) is 4.79 Å². The molecule has 0 aromatic rings. The minimum absolute atomic E-state index is 0. The fourth-order valence-electron chi connectivity index (χ4n) is 1.19. The van der Waals surface area contributed by atoms with Crippen molar-refractivity contribution in [3.05, 3.63) is 0 Å². The Morgan fingerprint density at radius 3 is 2.58 bits per heavy atom. The average Bonchev–Trinajstić information content (AvgIpc) is 2.05. The predicted octanol–water partition coefficient (Wildman–Crippen LogP) is 0.247. The quantitative estimate of drug-likeness (QED) is 0.663. The Hall–Kier alpha value is -0.320. The summed E-state index contributed by atoms with van der Waals surface area (Å²) in [5.41, 5.74) is 5.35. The van der Waals surface area contributed by atoms with Gasteiger partial charge in [0.25, 0.3) is 0 Å². The number of hydrogen-bond donors (Lipinski definition) is 2. The zero-order valence-electron chi connectivity index (χ0n) is 6.73. The molecule has 1 heterocycles. The highest BCUT2D eigenvalue weighted by molar-refractivity contribution is 5.85. The number of rotatable bonds is 2. The highest BCUT2D eigenvalue weighted by atomic mass is 35.5. The smallest absolute Gasteiger partial charge is 0.308 e. The molecule has 1 saturated heterocycles. The minimum Gasteiger partial charge on any atom is -0.481 e. The predicted molar refractivity (Wildman–Crippen MR) is 46.4 cm³/mol. The van der Waals surface area contributed by atoms with Gasteiger partial charge in [0, 0.05) is 6.54 Å². The number of carboxylic acids is 1. The monoisotopic (exact) mass is 195 g/mol. The Balaban J connectivity index is 0.00000121. The van der Waals surface area contributed by atoms with E-state index in [2.05, 4.69) is 0 Å². The SMILES string of the molecule is Cl.NCC1CCC(C(=O)O)CO1. The molecule has 0 radical (unpaired) electrons. The van der Waals surface area contributed by atoms with Crippen LogP contribution in [0.2, 0.25) is 0 Å². The molecule has 4 nitrogen and oxygen atoms in total. The zero-order chi connectivity index (χ0) is 8.27. The molecule has 0 aromatic carbocycles. The first-order chi connectivity index (χ1) is 5.24. The Bertz CT molecular complexity index is 146. The van der Waals surface area contributed by atoms with Crippen LogP contribution in [0.1, 0.15) is 12.8 Å². The molecule has 1 rings (SSSR count). The maximum atomic E-state index is 10.4. The van der Waals surface area contributed by atoms with Crippen molar-refractivity contribution in [2.75, 3.05) is 13.2 Å². The Kier molecular flexibility index (Phi) is 5.20. The van der Waals surface area contributed by atoms with Crippen molar-refractivity contribution >= 4 is 18.4 Å². The molecule has 0 bridgehead atoms. The Morgan fingerprint density at radius 2 is 2.25 bits per heavy atom. The molecule has 0 amide bonds. The third kappa shape index (κ3) is 2.97. The van der Waals surface area contributed by atoms with Gasteiger partial charge in [0.1, 0.15) is 0 Å². The van der Waals surface area contributed by atoms with Crippen molar-refractivity contribution in [3.8, 4) is 0 Å². The van der Waals surface area contributed by atoms with Gasteiger partial charge in [0.15, 0.2) is 0 Å². The molecular formula is C7H14ClNO3. The first-order valence-corrected chi connectivity index (χ1v) is 3.78. The van der Waals surface area contributed by atoms with Crippen LogP contribution in [0.5, 0.6) is 0 Å². The fraction of sp³-hybridized carbons (Fsp3) is 0.857. The average molecular weight is 196 g/mol. The summed E-state index contributed by atoms with van der Waals surface area (Å²) in [4.78, 5) is 10.4. The number of aliphatic carboxylic acids is 1. The highest BCUT2D eigenvalue weighted by Gasteiger charge is 2.25. The first-order valence-electron chi connectivity index (χ1n) is 3.78. The molecule has 0 aromatic heterocycles. The topological polar surface area (TPSA) is 72.6 Å². The zero-order valence-corrected chi connectivity index (χ0v) is 7.55. The van der Waals surface area contributed by atoms with Crippen molar-refractivity contribution in [2.24, 2.45) is 11.7 Å². The summed E-state index contributed by atoms with van der Waals surface area (Å²) in [5.74, 6) is -1.08. The van der Waals surface area contributed by atoms with Gasteiger partial charge >= 0.3 is 5.97 Å². The van der Waals surface area contributed by atoms with Crippen LogP contribution in [0.25, 0.3) is 0 Å². The Morgan fingerprint density at radius 1 is 1.58 bits per heavy atom. The van der Waals surface area contributed by atoms with Gasteiger partial charge in [-0.3, -0.25) is 4.79 Å². The molecule has 0 saturated carbocycles. The lowest BCUT2D eigenvalue weighted by molar-refractivity contribution is -0.148. The highest BCUT2D eigenvalue weighted by Crippen LogP contribution is 2.17. The molecule has 3 N–H and O–H groups in total. The second-order valence-corrected chi connectivity index (χ2v) is 2.80. The van der Waals surface area contributed by atoms with Gasteiger partial charge in [-0.1, -0.05) is 0 Å². The summed E-state index contributed by atoms with van der Waals surface area (Å²) < 4.78 is 5.20. The number of ether oxygens (including phenoxy) is 1. The molecule has 2 unspecified atom stereocenters. The van der Waals surface area contributed by atoms with Gasteiger partial charge in [-0.2, -0.15) is 0 Å². The van der Waals surface area contributed by atoms with Crippen molar-refractivity contribution in [2.45, 2.75) is 18.9 Å².